The molecule has 0 radical (unpaired) electrons. The molecular weight excluding hydrogens is 241 g/mol. The summed E-state index contributed by atoms with van der Waals surface area (Å²) in [5, 5.41) is 21.9. The van der Waals surface area contributed by atoms with Gasteiger partial charge in [0.05, 0.1) is 11.4 Å². The van der Waals surface area contributed by atoms with Gasteiger partial charge in [0.1, 0.15) is 18.2 Å². The third kappa shape index (κ3) is 2.42. The van der Waals surface area contributed by atoms with Crippen LogP contribution in [0.4, 0.5) is 10.1 Å². The lowest BCUT2D eigenvalue weighted by molar-refractivity contribution is -0.137. The van der Waals surface area contributed by atoms with Crippen molar-refractivity contribution in [2.45, 2.75) is 13.0 Å². The Morgan fingerprint density at radius 3 is 2.94 bits per heavy atom. The van der Waals surface area contributed by atoms with Gasteiger partial charge >= 0.3 is 5.97 Å². The summed E-state index contributed by atoms with van der Waals surface area (Å²) in [7, 11) is 0. The van der Waals surface area contributed by atoms with Crippen LogP contribution in [-0.2, 0) is 4.79 Å². The maximum atomic E-state index is 13.5. The molecule has 0 fully saturated rings. The molecule has 8 heteroatoms. The van der Waals surface area contributed by atoms with Gasteiger partial charge in [0, 0.05) is 0 Å². The average Bonchev–Trinajstić information content (AvgIpc) is 2.85. The second kappa shape index (κ2) is 4.78. The molecule has 2 N–H and O–H groups in total. The minimum Gasteiger partial charge on any atom is -0.480 e. The van der Waals surface area contributed by atoms with Crippen molar-refractivity contribution in [1.29, 1.82) is 0 Å². The molecule has 7 nitrogen and oxygen atoms in total. The fraction of sp³-hybridized carbons (Fsp3) is 0.200. The highest BCUT2D eigenvalue weighted by molar-refractivity contribution is 5.77. The van der Waals surface area contributed by atoms with Gasteiger partial charge in [-0.2, -0.15) is 0 Å². The van der Waals surface area contributed by atoms with Crippen molar-refractivity contribution >= 4 is 11.7 Å². The minimum absolute atomic E-state index is 0.0814. The van der Waals surface area contributed by atoms with E-state index < -0.39 is 17.8 Å². The summed E-state index contributed by atoms with van der Waals surface area (Å²) in [4.78, 5) is 10.7. The van der Waals surface area contributed by atoms with Crippen LogP contribution in [0.1, 0.15) is 6.92 Å². The van der Waals surface area contributed by atoms with Crippen LogP contribution in [0.2, 0.25) is 0 Å². The van der Waals surface area contributed by atoms with Gasteiger partial charge in [-0.15, -0.1) is 5.10 Å². The number of hydrogen-bond donors (Lipinski definition) is 2. The number of benzene rings is 1. The number of carboxylic acid groups (broad SMARTS) is 1. The summed E-state index contributed by atoms with van der Waals surface area (Å²) in [6, 6.07) is 3.24. The average molecular weight is 251 g/mol. The largest absolute Gasteiger partial charge is 0.480 e. The van der Waals surface area contributed by atoms with Crippen LogP contribution in [0.25, 0.3) is 5.69 Å². The maximum absolute atomic E-state index is 13.5. The zero-order chi connectivity index (χ0) is 13.1. The highest BCUT2D eigenvalue weighted by Crippen LogP contribution is 2.19. The Labute approximate surface area is 101 Å². The van der Waals surface area contributed by atoms with E-state index in [1.807, 2.05) is 0 Å². The summed E-state index contributed by atoms with van der Waals surface area (Å²) in [6.45, 7) is 1.42. The van der Waals surface area contributed by atoms with Crippen LogP contribution < -0.4 is 5.32 Å². The highest BCUT2D eigenvalue weighted by atomic mass is 19.1. The lowest BCUT2D eigenvalue weighted by atomic mass is 10.2. The van der Waals surface area contributed by atoms with E-state index in [1.54, 1.807) is 0 Å². The van der Waals surface area contributed by atoms with Crippen LogP contribution in [0.5, 0.6) is 0 Å². The van der Waals surface area contributed by atoms with Gasteiger partial charge in [-0.05, 0) is 35.5 Å². The van der Waals surface area contributed by atoms with Gasteiger partial charge in [0.15, 0.2) is 0 Å². The normalized spacial score (nSPS) is 12.1. The number of rotatable bonds is 4. The summed E-state index contributed by atoms with van der Waals surface area (Å²) < 4.78 is 14.9. The second-order valence-electron chi connectivity index (χ2n) is 3.62. The molecule has 1 atom stereocenters. The number of hydrogen-bond acceptors (Lipinski definition) is 5. The van der Waals surface area contributed by atoms with Gasteiger partial charge in [-0.1, -0.05) is 0 Å². The molecule has 0 aliphatic rings. The van der Waals surface area contributed by atoms with Crippen molar-refractivity contribution in [3.8, 4) is 5.69 Å². The molecule has 1 unspecified atom stereocenters. The molecule has 94 valence electrons. The Hall–Kier alpha value is -2.51. The number of nitrogens with zero attached hydrogens (tertiary/aromatic N) is 4. The number of tetrazole rings is 1. The third-order valence-electron chi connectivity index (χ3n) is 2.31. The van der Waals surface area contributed by atoms with Gasteiger partial charge in [0.25, 0.3) is 0 Å². The number of halogens is 1. The molecule has 0 bridgehead atoms. The van der Waals surface area contributed by atoms with E-state index in [-0.39, 0.29) is 5.69 Å². The molecule has 18 heavy (non-hydrogen) atoms. The zero-order valence-corrected chi connectivity index (χ0v) is 9.41. The van der Waals surface area contributed by atoms with Crippen molar-refractivity contribution in [1.82, 2.24) is 20.2 Å². The number of nitrogens with one attached hydrogen (secondary N) is 1. The summed E-state index contributed by atoms with van der Waals surface area (Å²) in [5.41, 5.74) is 0.611. The number of aliphatic carboxylic acids is 1. The molecule has 2 aromatic rings. The van der Waals surface area contributed by atoms with Crippen LogP contribution in [0.3, 0.4) is 0 Å². The van der Waals surface area contributed by atoms with Crippen LogP contribution in [-0.4, -0.2) is 37.3 Å². The topological polar surface area (TPSA) is 92.9 Å². The fourth-order valence-corrected chi connectivity index (χ4v) is 1.34. The van der Waals surface area contributed by atoms with Gasteiger partial charge in [-0.25, -0.2) is 9.07 Å². The molecule has 1 aromatic heterocycles. The van der Waals surface area contributed by atoms with E-state index in [0.29, 0.717) is 5.69 Å². The van der Waals surface area contributed by atoms with Crippen molar-refractivity contribution in [2.75, 3.05) is 5.32 Å². The van der Waals surface area contributed by atoms with Crippen LogP contribution in [0, 0.1) is 5.82 Å². The monoisotopic (exact) mass is 251 g/mol. The SMILES string of the molecule is CC(Nc1cc(-n2cnnn2)ccc1F)C(=O)O. The smallest absolute Gasteiger partial charge is 0.325 e. The molecule has 0 amide bonds. The molecule has 1 heterocycles. The van der Waals surface area contributed by atoms with Crippen molar-refractivity contribution < 1.29 is 14.3 Å². The van der Waals surface area contributed by atoms with Crippen molar-refractivity contribution in [3.63, 3.8) is 0 Å². The van der Waals surface area contributed by atoms with Gasteiger partial charge in [-0.3, -0.25) is 4.79 Å². The van der Waals surface area contributed by atoms with Crippen molar-refractivity contribution in [3.05, 3.63) is 30.3 Å². The van der Waals surface area contributed by atoms with E-state index in [4.69, 9.17) is 5.11 Å². The lowest BCUT2D eigenvalue weighted by Crippen LogP contribution is -2.25. The van der Waals surface area contributed by atoms with Crippen LogP contribution >= 0.6 is 0 Å². The first kappa shape index (κ1) is 12.0. The number of carboxylic acids is 1. The number of carbonyl (C=O) groups is 1. The zero-order valence-electron chi connectivity index (χ0n) is 9.41. The summed E-state index contributed by atoms with van der Waals surface area (Å²) in [6.07, 6.45) is 1.36. The first-order valence-electron chi connectivity index (χ1n) is 5.10. The molecule has 0 saturated carbocycles. The quantitative estimate of drug-likeness (QED) is 0.830. The summed E-state index contributed by atoms with van der Waals surface area (Å²) >= 11 is 0. The second-order valence-corrected chi connectivity index (χ2v) is 3.62. The Bertz CT molecular complexity index is 557. The molecule has 0 aliphatic carbocycles. The highest BCUT2D eigenvalue weighted by Gasteiger charge is 2.13. The van der Waals surface area contributed by atoms with E-state index in [0.717, 1.165) is 0 Å². The predicted molar refractivity (Wildman–Crippen MR) is 59.8 cm³/mol. The minimum atomic E-state index is -1.07. The maximum Gasteiger partial charge on any atom is 0.325 e. The standard InChI is InChI=1S/C10H10FN5O2/c1-6(10(17)18)13-9-4-7(2-3-8(9)11)16-5-12-14-15-16/h2-6,13H,1H3,(H,17,18). The first-order valence-corrected chi connectivity index (χ1v) is 5.10. The Balaban J connectivity index is 2.30. The van der Waals surface area contributed by atoms with E-state index in [1.165, 1.54) is 36.1 Å². The molecule has 0 aliphatic heterocycles. The molecule has 0 saturated heterocycles. The van der Waals surface area contributed by atoms with E-state index in [9.17, 15) is 9.18 Å². The third-order valence-corrected chi connectivity index (χ3v) is 2.31. The van der Waals surface area contributed by atoms with Gasteiger partial charge < -0.3 is 10.4 Å². The summed E-state index contributed by atoms with van der Waals surface area (Å²) in [5.74, 6) is -1.61. The molecule has 1 aromatic carbocycles. The number of aromatic nitrogens is 4. The molecule has 0 spiro atoms. The lowest BCUT2D eigenvalue weighted by Gasteiger charge is -2.12. The Morgan fingerprint density at radius 2 is 2.33 bits per heavy atom. The molecule has 2 rings (SSSR count). The molecular formula is C10H10FN5O2. The predicted octanol–water partition coefficient (Wildman–Crippen LogP) is 0.686. The Morgan fingerprint density at radius 1 is 1.56 bits per heavy atom. The van der Waals surface area contributed by atoms with Gasteiger partial charge in [0.2, 0.25) is 0 Å². The van der Waals surface area contributed by atoms with E-state index >= 15 is 0 Å². The fourth-order valence-electron chi connectivity index (χ4n) is 1.34. The number of anilines is 1. The van der Waals surface area contributed by atoms with E-state index in [2.05, 4.69) is 20.8 Å². The van der Waals surface area contributed by atoms with Crippen LogP contribution in [0.15, 0.2) is 24.5 Å². The van der Waals surface area contributed by atoms with Crippen molar-refractivity contribution in [2.24, 2.45) is 0 Å². The first-order chi connectivity index (χ1) is 8.58. The Kier molecular flexibility index (Phi) is 3.18.